The van der Waals surface area contributed by atoms with Gasteiger partial charge in [0.25, 0.3) is 0 Å². The lowest BCUT2D eigenvalue weighted by Gasteiger charge is -2.18. The lowest BCUT2D eigenvalue weighted by molar-refractivity contribution is -0.140. The van der Waals surface area contributed by atoms with E-state index in [0.29, 0.717) is 12.5 Å². The van der Waals surface area contributed by atoms with Gasteiger partial charge in [-0.3, -0.25) is 0 Å². The van der Waals surface area contributed by atoms with Crippen molar-refractivity contribution < 1.29 is 23.0 Å². The number of aromatic nitrogens is 1. The molecule has 2 atom stereocenters. The van der Waals surface area contributed by atoms with Gasteiger partial charge in [-0.25, -0.2) is 9.98 Å². The Hall–Kier alpha value is -2.17. The maximum atomic E-state index is 12.6. The zero-order valence-electron chi connectivity index (χ0n) is 16.2. The minimum absolute atomic E-state index is 0.00766. The number of guanidine groups is 1. The smallest absolute Gasteiger partial charge is 0.389 e. The molecule has 10 heteroatoms. The average molecular weight is 430 g/mol. The molecule has 0 spiro atoms. The molecule has 0 saturated carbocycles. The summed E-state index contributed by atoms with van der Waals surface area (Å²) >= 11 is 0.907. The Kier molecular flexibility index (Phi) is 8.87. The van der Waals surface area contributed by atoms with E-state index >= 15 is 0 Å². The fourth-order valence-electron chi connectivity index (χ4n) is 2.35. The third-order valence-electron chi connectivity index (χ3n) is 3.87. The van der Waals surface area contributed by atoms with Crippen LogP contribution < -0.4 is 10.6 Å². The van der Waals surface area contributed by atoms with Crippen LogP contribution in [0.4, 0.5) is 13.2 Å². The predicted molar refractivity (Wildman–Crippen MR) is 107 cm³/mol. The number of alkyl halides is 3. The third kappa shape index (κ3) is 8.00. The van der Waals surface area contributed by atoms with Crippen LogP contribution in [0.3, 0.4) is 0 Å². The first-order valence-electron chi connectivity index (χ1n) is 9.18. The molecule has 160 valence electrons. The molecular weight excluding hydrogens is 405 g/mol. The predicted octanol–water partition coefficient (Wildman–Crippen LogP) is 3.36. The van der Waals surface area contributed by atoms with Gasteiger partial charge in [0.05, 0.1) is 25.4 Å². The van der Waals surface area contributed by atoms with Gasteiger partial charge < -0.3 is 20.5 Å². The highest BCUT2D eigenvalue weighted by Gasteiger charge is 2.33. The summed E-state index contributed by atoms with van der Waals surface area (Å²) in [6, 6.07) is 9.67. The number of hydrogen-bond donors (Lipinski definition) is 3. The molecule has 0 bridgehead atoms. The van der Waals surface area contributed by atoms with Crippen LogP contribution in [0.15, 0.2) is 40.7 Å². The zero-order chi connectivity index (χ0) is 21.3. The highest BCUT2D eigenvalue weighted by molar-refractivity contribution is 7.09. The summed E-state index contributed by atoms with van der Waals surface area (Å²) in [6.07, 6.45) is -5.38. The highest BCUT2D eigenvalue weighted by atomic mass is 32.1. The molecule has 6 nitrogen and oxygen atoms in total. The van der Waals surface area contributed by atoms with Crippen LogP contribution in [0.5, 0.6) is 0 Å². The monoisotopic (exact) mass is 430 g/mol. The zero-order valence-corrected chi connectivity index (χ0v) is 17.1. The summed E-state index contributed by atoms with van der Waals surface area (Å²) in [6.45, 7) is 4.65. The van der Waals surface area contributed by atoms with Crippen LogP contribution in [-0.2, 0) is 17.5 Å². The van der Waals surface area contributed by atoms with E-state index in [1.807, 2.05) is 44.2 Å². The first-order valence-corrected chi connectivity index (χ1v) is 10.1. The van der Waals surface area contributed by atoms with E-state index in [0.717, 1.165) is 22.3 Å². The molecule has 1 aromatic heterocycles. The van der Waals surface area contributed by atoms with Crippen molar-refractivity contribution in [2.75, 3.05) is 19.7 Å². The van der Waals surface area contributed by atoms with E-state index in [9.17, 15) is 18.3 Å². The molecule has 29 heavy (non-hydrogen) atoms. The molecule has 2 unspecified atom stereocenters. The molecule has 0 aliphatic carbocycles. The maximum absolute atomic E-state index is 12.6. The van der Waals surface area contributed by atoms with Gasteiger partial charge in [-0.1, -0.05) is 30.3 Å². The molecule has 0 aliphatic rings. The minimum Gasteiger partial charge on any atom is -0.389 e. The normalized spacial score (nSPS) is 14.5. The largest absolute Gasteiger partial charge is 0.434 e. The third-order valence-corrected chi connectivity index (χ3v) is 4.71. The Labute approximate surface area is 171 Å². The van der Waals surface area contributed by atoms with E-state index in [4.69, 9.17) is 4.74 Å². The van der Waals surface area contributed by atoms with E-state index in [1.54, 1.807) is 0 Å². The number of nitrogens with zero attached hydrogens (tertiary/aromatic N) is 2. The number of aliphatic hydroxyl groups excluding tert-OH is 1. The van der Waals surface area contributed by atoms with Crippen molar-refractivity contribution >= 4 is 17.3 Å². The molecule has 0 aliphatic heterocycles. The molecule has 0 fully saturated rings. The molecule has 3 N–H and O–H groups in total. The first kappa shape index (κ1) is 23.1. The number of aliphatic hydroxyl groups is 1. The highest BCUT2D eigenvalue weighted by Crippen LogP contribution is 2.30. The lowest BCUT2D eigenvalue weighted by Crippen LogP contribution is -2.42. The molecule has 0 amide bonds. The Balaban J connectivity index is 1.81. The summed E-state index contributed by atoms with van der Waals surface area (Å²) in [4.78, 5) is 7.76. The van der Waals surface area contributed by atoms with Gasteiger partial charge in [-0.05, 0) is 19.4 Å². The number of ether oxygens (including phenoxy) is 1. The number of benzene rings is 1. The van der Waals surface area contributed by atoms with Crippen molar-refractivity contribution in [2.24, 2.45) is 4.99 Å². The fourth-order valence-corrected chi connectivity index (χ4v) is 3.08. The van der Waals surface area contributed by atoms with Crippen molar-refractivity contribution in [1.29, 1.82) is 0 Å². The quantitative estimate of drug-likeness (QED) is 0.420. The summed E-state index contributed by atoms with van der Waals surface area (Å²) < 4.78 is 43.5. The van der Waals surface area contributed by atoms with Gasteiger partial charge in [0.2, 0.25) is 0 Å². The van der Waals surface area contributed by atoms with Crippen LogP contribution in [0.2, 0.25) is 0 Å². The summed E-state index contributed by atoms with van der Waals surface area (Å²) in [7, 11) is 0. The molecular formula is C19H25F3N4O2S. The molecule has 1 aromatic carbocycles. The van der Waals surface area contributed by atoms with Crippen molar-refractivity contribution in [3.8, 4) is 0 Å². The van der Waals surface area contributed by atoms with Gasteiger partial charge in [0.1, 0.15) is 5.01 Å². The number of thiazole rings is 1. The van der Waals surface area contributed by atoms with Crippen LogP contribution in [0, 0.1) is 0 Å². The fraction of sp³-hybridized carbons (Fsp3) is 0.474. The summed E-state index contributed by atoms with van der Waals surface area (Å²) in [5, 5.41) is 17.3. The van der Waals surface area contributed by atoms with E-state index in [-0.39, 0.29) is 30.8 Å². The van der Waals surface area contributed by atoms with Crippen LogP contribution in [0.1, 0.15) is 36.2 Å². The second kappa shape index (κ2) is 11.1. The van der Waals surface area contributed by atoms with Gasteiger partial charge in [-0.15, -0.1) is 11.3 Å². The Morgan fingerprint density at radius 2 is 2.00 bits per heavy atom. The number of halogens is 3. The lowest BCUT2D eigenvalue weighted by atomic mass is 10.1. The van der Waals surface area contributed by atoms with Gasteiger partial charge in [0.15, 0.2) is 11.7 Å². The van der Waals surface area contributed by atoms with Crippen molar-refractivity contribution in [2.45, 2.75) is 38.8 Å². The number of nitrogens with one attached hydrogen (secondary N) is 2. The first-order chi connectivity index (χ1) is 13.8. The SMILES string of the molecule is CCNC(=NCc1nc(C(F)(F)F)cs1)NCC(O)COC(C)c1ccccc1. The van der Waals surface area contributed by atoms with Crippen LogP contribution in [-0.4, -0.2) is 41.9 Å². The van der Waals surface area contributed by atoms with E-state index in [1.165, 1.54) is 0 Å². The number of hydrogen-bond acceptors (Lipinski definition) is 5. The summed E-state index contributed by atoms with van der Waals surface area (Å²) in [5.41, 5.74) is 0.106. The molecule has 0 radical (unpaired) electrons. The van der Waals surface area contributed by atoms with E-state index in [2.05, 4.69) is 20.6 Å². The molecule has 2 aromatic rings. The minimum atomic E-state index is -4.46. The molecule has 2 rings (SSSR count). The Morgan fingerprint density at radius 1 is 1.28 bits per heavy atom. The second-order valence-electron chi connectivity index (χ2n) is 6.24. The Bertz CT molecular complexity index is 768. The van der Waals surface area contributed by atoms with E-state index < -0.39 is 18.0 Å². The molecule has 1 heterocycles. The standard InChI is InChI=1S/C19H25F3N4O2S/c1-3-23-18(25-10-17-26-16(12-29-17)19(20,21)22)24-9-15(27)11-28-13(2)14-7-5-4-6-8-14/h4-8,12-13,15,27H,3,9-11H2,1-2H3,(H2,23,24,25). The van der Waals surface area contributed by atoms with Crippen LogP contribution in [0.25, 0.3) is 0 Å². The maximum Gasteiger partial charge on any atom is 0.434 e. The molecule has 0 saturated heterocycles. The Morgan fingerprint density at radius 3 is 2.62 bits per heavy atom. The second-order valence-corrected chi connectivity index (χ2v) is 7.18. The van der Waals surface area contributed by atoms with Gasteiger partial charge >= 0.3 is 6.18 Å². The van der Waals surface area contributed by atoms with Crippen molar-refractivity contribution in [3.63, 3.8) is 0 Å². The van der Waals surface area contributed by atoms with Crippen molar-refractivity contribution in [3.05, 3.63) is 52.0 Å². The van der Waals surface area contributed by atoms with Gasteiger partial charge in [0, 0.05) is 18.5 Å². The number of rotatable bonds is 9. The van der Waals surface area contributed by atoms with Gasteiger partial charge in [-0.2, -0.15) is 13.2 Å². The van der Waals surface area contributed by atoms with Crippen LogP contribution >= 0.6 is 11.3 Å². The average Bonchev–Trinajstić information content (AvgIpc) is 3.18. The number of aliphatic imine (C=N–C) groups is 1. The van der Waals surface area contributed by atoms with Crippen molar-refractivity contribution in [1.82, 2.24) is 15.6 Å². The summed E-state index contributed by atoms with van der Waals surface area (Å²) in [5.74, 6) is 0.381. The topological polar surface area (TPSA) is 78.8 Å².